The van der Waals surface area contributed by atoms with Crippen LogP contribution in [0.15, 0.2) is 66.7 Å². The van der Waals surface area contributed by atoms with E-state index in [9.17, 15) is 4.79 Å². The summed E-state index contributed by atoms with van der Waals surface area (Å²) >= 11 is 7.82. The van der Waals surface area contributed by atoms with Gasteiger partial charge >= 0.3 is 0 Å². The summed E-state index contributed by atoms with van der Waals surface area (Å²) in [7, 11) is 0. The molecule has 0 aliphatic carbocycles. The van der Waals surface area contributed by atoms with E-state index in [1.807, 2.05) is 61.5 Å². The number of hydrogen-bond donors (Lipinski definition) is 0. The van der Waals surface area contributed by atoms with E-state index in [-0.39, 0.29) is 12.0 Å². The van der Waals surface area contributed by atoms with Crippen molar-refractivity contribution < 1.29 is 9.53 Å². The molecular formula is C26H23ClN2O2S. The van der Waals surface area contributed by atoms with Crippen molar-refractivity contribution in [3.05, 3.63) is 82.9 Å². The quantitative estimate of drug-likeness (QED) is 0.329. The van der Waals surface area contributed by atoms with E-state index in [1.54, 1.807) is 4.90 Å². The lowest BCUT2D eigenvalue weighted by atomic mass is 10.0. The third-order valence-electron chi connectivity index (χ3n) is 5.86. The first-order valence-electron chi connectivity index (χ1n) is 10.7. The average Bonchev–Trinajstić information content (AvgIpc) is 3.50. The molecule has 4 aromatic rings. The summed E-state index contributed by atoms with van der Waals surface area (Å²) in [5.74, 6) is -0.0667. The highest BCUT2D eigenvalue weighted by atomic mass is 35.5. The predicted molar refractivity (Wildman–Crippen MR) is 132 cm³/mol. The maximum Gasteiger partial charge on any atom is 0.260 e. The van der Waals surface area contributed by atoms with Gasteiger partial charge in [0.15, 0.2) is 5.13 Å². The Morgan fingerprint density at radius 1 is 1.09 bits per heavy atom. The fourth-order valence-electron chi connectivity index (χ4n) is 4.04. The number of aromatic nitrogens is 1. The van der Waals surface area contributed by atoms with Crippen LogP contribution in [0.5, 0.6) is 0 Å². The minimum absolute atomic E-state index is 0.0271. The van der Waals surface area contributed by atoms with Gasteiger partial charge in [-0.05, 0) is 60.7 Å². The zero-order valence-corrected chi connectivity index (χ0v) is 19.3. The van der Waals surface area contributed by atoms with Gasteiger partial charge in [0.05, 0.1) is 22.9 Å². The van der Waals surface area contributed by atoms with Crippen molar-refractivity contribution in [3.8, 4) is 11.1 Å². The molecule has 6 heteroatoms. The number of benzene rings is 3. The number of hydrogen-bond acceptors (Lipinski definition) is 4. The molecule has 5 rings (SSSR count). The Hall–Kier alpha value is -2.73. The molecule has 0 spiro atoms. The molecule has 0 radical (unpaired) electrons. The maximum atomic E-state index is 13.6. The molecule has 1 amide bonds. The molecule has 1 aliphatic heterocycles. The van der Waals surface area contributed by atoms with Crippen LogP contribution in [0.1, 0.15) is 28.8 Å². The monoisotopic (exact) mass is 462 g/mol. The van der Waals surface area contributed by atoms with Gasteiger partial charge < -0.3 is 4.74 Å². The first kappa shape index (κ1) is 21.1. The van der Waals surface area contributed by atoms with E-state index in [0.717, 1.165) is 46.4 Å². The summed E-state index contributed by atoms with van der Waals surface area (Å²) in [5, 5.41) is 1.36. The molecule has 0 saturated carbocycles. The van der Waals surface area contributed by atoms with E-state index in [1.165, 1.54) is 11.3 Å². The second kappa shape index (κ2) is 9.02. The SMILES string of the molecule is Cc1c(Cl)ccc2sc(N(CC3CCCO3)C(=O)c3ccc(-c4ccccc4)cc3)nc12. The number of nitrogens with zero attached hydrogens (tertiary/aromatic N) is 2. The van der Waals surface area contributed by atoms with Crippen molar-refractivity contribution in [2.45, 2.75) is 25.9 Å². The summed E-state index contributed by atoms with van der Waals surface area (Å²) in [6, 6.07) is 21.8. The Kier molecular flexibility index (Phi) is 5.96. The predicted octanol–water partition coefficient (Wildman–Crippen LogP) is 6.75. The van der Waals surface area contributed by atoms with Gasteiger partial charge in [-0.15, -0.1) is 0 Å². The molecule has 1 saturated heterocycles. The van der Waals surface area contributed by atoms with Gasteiger partial charge in [-0.3, -0.25) is 9.69 Å². The third kappa shape index (κ3) is 4.16. The second-order valence-corrected chi connectivity index (χ2v) is 9.43. The number of anilines is 1. The van der Waals surface area contributed by atoms with Gasteiger partial charge in [-0.1, -0.05) is 65.4 Å². The number of fused-ring (bicyclic) bond motifs is 1. The molecule has 32 heavy (non-hydrogen) atoms. The van der Waals surface area contributed by atoms with Crippen LogP contribution in [0.3, 0.4) is 0 Å². The lowest BCUT2D eigenvalue weighted by molar-refractivity contribution is 0.0917. The molecule has 1 unspecified atom stereocenters. The van der Waals surface area contributed by atoms with E-state index in [0.29, 0.717) is 22.3 Å². The molecule has 1 atom stereocenters. The number of rotatable bonds is 5. The molecule has 1 aromatic heterocycles. The molecule has 1 aliphatic rings. The summed E-state index contributed by atoms with van der Waals surface area (Å²) in [6.45, 7) is 3.20. The van der Waals surface area contributed by atoms with E-state index < -0.39 is 0 Å². The zero-order chi connectivity index (χ0) is 22.1. The fourth-order valence-corrected chi connectivity index (χ4v) is 5.22. The minimum atomic E-state index is -0.0667. The largest absolute Gasteiger partial charge is 0.376 e. The van der Waals surface area contributed by atoms with Crippen molar-refractivity contribution in [1.82, 2.24) is 4.98 Å². The standard InChI is InChI=1S/C26H23ClN2O2S/c1-17-22(27)13-14-23-24(17)28-26(32-23)29(16-21-8-5-15-31-21)25(30)20-11-9-19(10-12-20)18-6-3-2-4-7-18/h2-4,6-7,9-14,21H,5,8,15-16H2,1H3. The second-order valence-electron chi connectivity index (χ2n) is 8.01. The normalized spacial score (nSPS) is 15.9. The van der Waals surface area contributed by atoms with Crippen molar-refractivity contribution in [2.24, 2.45) is 0 Å². The first-order chi connectivity index (χ1) is 15.6. The van der Waals surface area contributed by atoms with Crippen molar-refractivity contribution in [3.63, 3.8) is 0 Å². The van der Waals surface area contributed by atoms with Gasteiger partial charge in [0, 0.05) is 17.2 Å². The van der Waals surface area contributed by atoms with Gasteiger partial charge in [-0.2, -0.15) is 0 Å². The van der Waals surface area contributed by atoms with Gasteiger partial charge in [0.25, 0.3) is 5.91 Å². The number of thiazole rings is 1. The number of amides is 1. The van der Waals surface area contributed by atoms with E-state index >= 15 is 0 Å². The highest BCUT2D eigenvalue weighted by Gasteiger charge is 2.27. The third-order valence-corrected chi connectivity index (χ3v) is 7.31. The van der Waals surface area contributed by atoms with Crippen LogP contribution in [0.25, 0.3) is 21.3 Å². The highest BCUT2D eigenvalue weighted by molar-refractivity contribution is 7.22. The van der Waals surface area contributed by atoms with E-state index in [2.05, 4.69) is 12.1 Å². The smallest absolute Gasteiger partial charge is 0.260 e. The van der Waals surface area contributed by atoms with Crippen molar-refractivity contribution in [1.29, 1.82) is 0 Å². The number of halogens is 1. The highest BCUT2D eigenvalue weighted by Crippen LogP contribution is 2.35. The fraction of sp³-hybridized carbons (Fsp3) is 0.231. The van der Waals surface area contributed by atoms with Crippen molar-refractivity contribution >= 4 is 44.2 Å². The summed E-state index contributed by atoms with van der Waals surface area (Å²) in [6.07, 6.45) is 2.00. The molecular weight excluding hydrogens is 440 g/mol. The topological polar surface area (TPSA) is 42.4 Å². The Bertz CT molecular complexity index is 1250. The lowest BCUT2D eigenvalue weighted by Gasteiger charge is -2.23. The molecule has 4 nitrogen and oxygen atoms in total. The molecule has 0 bridgehead atoms. The molecule has 0 N–H and O–H groups in total. The van der Waals surface area contributed by atoms with Crippen LogP contribution in [0, 0.1) is 6.92 Å². The number of carbonyl (C=O) groups excluding carboxylic acids is 1. The summed E-state index contributed by atoms with van der Waals surface area (Å²) in [4.78, 5) is 20.2. The van der Waals surface area contributed by atoms with Crippen LogP contribution in [-0.4, -0.2) is 30.1 Å². The molecule has 3 aromatic carbocycles. The molecule has 162 valence electrons. The zero-order valence-electron chi connectivity index (χ0n) is 17.8. The van der Waals surface area contributed by atoms with Crippen LogP contribution < -0.4 is 4.90 Å². The Labute approximate surface area is 196 Å². The first-order valence-corrected chi connectivity index (χ1v) is 11.9. The molecule has 2 heterocycles. The Morgan fingerprint density at radius 3 is 2.56 bits per heavy atom. The van der Waals surface area contributed by atoms with Gasteiger partial charge in [-0.25, -0.2) is 4.98 Å². The maximum absolute atomic E-state index is 13.6. The van der Waals surface area contributed by atoms with Crippen LogP contribution in [0.2, 0.25) is 5.02 Å². The Balaban J connectivity index is 1.49. The summed E-state index contributed by atoms with van der Waals surface area (Å²) in [5.41, 5.74) is 4.63. The minimum Gasteiger partial charge on any atom is -0.376 e. The summed E-state index contributed by atoms with van der Waals surface area (Å²) < 4.78 is 6.87. The number of ether oxygens (including phenoxy) is 1. The number of carbonyl (C=O) groups is 1. The molecule has 1 fully saturated rings. The van der Waals surface area contributed by atoms with Crippen LogP contribution in [0.4, 0.5) is 5.13 Å². The van der Waals surface area contributed by atoms with Crippen LogP contribution >= 0.6 is 22.9 Å². The Morgan fingerprint density at radius 2 is 1.84 bits per heavy atom. The van der Waals surface area contributed by atoms with Crippen molar-refractivity contribution in [2.75, 3.05) is 18.1 Å². The van der Waals surface area contributed by atoms with Gasteiger partial charge in [0.2, 0.25) is 0 Å². The van der Waals surface area contributed by atoms with Crippen LogP contribution in [-0.2, 0) is 4.74 Å². The van der Waals surface area contributed by atoms with E-state index in [4.69, 9.17) is 21.3 Å². The number of aryl methyl sites for hydroxylation is 1. The average molecular weight is 463 g/mol. The lowest BCUT2D eigenvalue weighted by Crippen LogP contribution is -2.37. The van der Waals surface area contributed by atoms with Gasteiger partial charge in [0.1, 0.15) is 0 Å².